The molecule has 0 bridgehead atoms. The molecule has 0 N–H and O–H groups in total. The monoisotopic (exact) mass is 430 g/mol. The molecule has 0 aromatic heterocycles. The first-order valence-electron chi connectivity index (χ1n) is 11.0. The molecule has 0 saturated carbocycles. The third-order valence-corrected chi connectivity index (χ3v) is 5.85. The molecule has 5 heteroatoms. The van der Waals surface area contributed by atoms with Crippen LogP contribution in [0.15, 0.2) is 72.8 Å². The van der Waals surface area contributed by atoms with E-state index < -0.39 is 0 Å². The fraction of sp³-hybridized carbons (Fsp3) is 0.296. The maximum Gasteiger partial charge on any atom is 0.245 e. The minimum absolute atomic E-state index is 0.0685. The Morgan fingerprint density at radius 1 is 0.844 bits per heavy atom. The number of para-hydroxylation sites is 2. The maximum absolute atomic E-state index is 13.5. The van der Waals surface area contributed by atoms with Crippen LogP contribution < -0.4 is 4.90 Å². The summed E-state index contributed by atoms with van der Waals surface area (Å²) < 4.78 is 10.8. The average molecular weight is 431 g/mol. The topological polar surface area (TPSA) is 42.0 Å². The zero-order valence-electron chi connectivity index (χ0n) is 18.8. The molecule has 0 atom stereocenters. The third-order valence-electron chi connectivity index (χ3n) is 5.85. The van der Waals surface area contributed by atoms with Gasteiger partial charge in [-0.3, -0.25) is 14.6 Å². The van der Waals surface area contributed by atoms with Gasteiger partial charge in [0.2, 0.25) is 5.91 Å². The van der Waals surface area contributed by atoms with Gasteiger partial charge in [0.25, 0.3) is 0 Å². The van der Waals surface area contributed by atoms with Crippen LogP contribution in [0, 0.1) is 0 Å². The Morgan fingerprint density at radius 2 is 1.38 bits per heavy atom. The van der Waals surface area contributed by atoms with Gasteiger partial charge < -0.3 is 9.47 Å². The number of hydrogen-bond acceptors (Lipinski definition) is 4. The fourth-order valence-electron chi connectivity index (χ4n) is 4.34. The van der Waals surface area contributed by atoms with E-state index in [4.69, 9.17) is 9.47 Å². The lowest BCUT2D eigenvalue weighted by molar-refractivity contribution is -0.119. The van der Waals surface area contributed by atoms with Crippen LogP contribution in [0.25, 0.3) is 0 Å². The van der Waals surface area contributed by atoms with Gasteiger partial charge in [0, 0.05) is 38.7 Å². The highest BCUT2D eigenvalue weighted by Crippen LogP contribution is 2.27. The van der Waals surface area contributed by atoms with E-state index >= 15 is 0 Å². The largest absolute Gasteiger partial charge is 0.380 e. The summed E-state index contributed by atoms with van der Waals surface area (Å²) in [6.45, 7) is 3.11. The van der Waals surface area contributed by atoms with Crippen LogP contribution in [0.1, 0.15) is 22.3 Å². The smallest absolute Gasteiger partial charge is 0.245 e. The summed E-state index contributed by atoms with van der Waals surface area (Å²) in [6, 6.07) is 24.2. The normalized spacial score (nSPS) is 13.6. The van der Waals surface area contributed by atoms with Crippen molar-refractivity contribution in [3.63, 3.8) is 0 Å². The molecule has 1 amide bonds. The number of fused-ring (bicyclic) bond motifs is 1. The number of amides is 1. The molecule has 166 valence electrons. The summed E-state index contributed by atoms with van der Waals surface area (Å²) in [6.07, 6.45) is 0.920. The molecule has 0 fully saturated rings. The van der Waals surface area contributed by atoms with Gasteiger partial charge in [0.1, 0.15) is 0 Å². The summed E-state index contributed by atoms with van der Waals surface area (Å²) >= 11 is 0. The molecule has 3 aromatic rings. The van der Waals surface area contributed by atoms with E-state index in [-0.39, 0.29) is 5.91 Å². The molecule has 32 heavy (non-hydrogen) atoms. The van der Waals surface area contributed by atoms with Gasteiger partial charge in [0.15, 0.2) is 0 Å². The van der Waals surface area contributed by atoms with Gasteiger partial charge in [-0.2, -0.15) is 0 Å². The number of ether oxygens (including phenoxy) is 2. The van der Waals surface area contributed by atoms with Gasteiger partial charge >= 0.3 is 0 Å². The highest BCUT2D eigenvalue weighted by Gasteiger charge is 2.24. The zero-order chi connectivity index (χ0) is 22.3. The summed E-state index contributed by atoms with van der Waals surface area (Å²) in [5.41, 5.74) is 6.69. The van der Waals surface area contributed by atoms with Crippen molar-refractivity contribution in [2.75, 3.05) is 32.2 Å². The Morgan fingerprint density at radius 3 is 1.91 bits per heavy atom. The van der Waals surface area contributed by atoms with E-state index in [0.29, 0.717) is 19.8 Å². The fourth-order valence-corrected chi connectivity index (χ4v) is 4.34. The molecule has 0 unspecified atom stereocenters. The van der Waals surface area contributed by atoms with E-state index in [9.17, 15) is 4.79 Å². The van der Waals surface area contributed by atoms with Crippen LogP contribution >= 0.6 is 0 Å². The number of methoxy groups -OCH3 is 2. The Labute approximate surface area is 190 Å². The van der Waals surface area contributed by atoms with Crippen molar-refractivity contribution < 1.29 is 14.3 Å². The molecule has 0 spiro atoms. The predicted molar refractivity (Wildman–Crippen MR) is 127 cm³/mol. The van der Waals surface area contributed by atoms with Crippen molar-refractivity contribution in [3.8, 4) is 0 Å². The van der Waals surface area contributed by atoms with Crippen LogP contribution in [0.2, 0.25) is 0 Å². The van der Waals surface area contributed by atoms with Crippen molar-refractivity contribution >= 4 is 17.3 Å². The van der Waals surface area contributed by atoms with Crippen molar-refractivity contribution in [1.29, 1.82) is 0 Å². The molecule has 3 aromatic carbocycles. The first-order valence-corrected chi connectivity index (χ1v) is 11.0. The Hall–Kier alpha value is -2.99. The first-order chi connectivity index (χ1) is 15.7. The molecule has 1 aliphatic heterocycles. The predicted octanol–water partition coefficient (Wildman–Crippen LogP) is 4.70. The van der Waals surface area contributed by atoms with Crippen LogP contribution in [0.3, 0.4) is 0 Å². The molecule has 0 radical (unpaired) electrons. The quantitative estimate of drug-likeness (QED) is 0.519. The molecule has 5 nitrogen and oxygen atoms in total. The first kappa shape index (κ1) is 22.2. The van der Waals surface area contributed by atoms with E-state index in [0.717, 1.165) is 36.4 Å². The van der Waals surface area contributed by atoms with E-state index in [2.05, 4.69) is 17.0 Å². The van der Waals surface area contributed by atoms with Gasteiger partial charge in [-0.1, -0.05) is 48.5 Å². The molecule has 0 saturated heterocycles. The Balaban J connectivity index is 1.54. The molecule has 0 aliphatic carbocycles. The zero-order valence-corrected chi connectivity index (χ0v) is 18.8. The van der Waals surface area contributed by atoms with Crippen molar-refractivity contribution in [2.45, 2.75) is 26.2 Å². The maximum atomic E-state index is 13.5. The van der Waals surface area contributed by atoms with Crippen LogP contribution in [0.4, 0.5) is 11.4 Å². The number of nitrogens with zero attached hydrogens (tertiary/aromatic N) is 2. The van der Waals surface area contributed by atoms with Crippen molar-refractivity contribution in [3.05, 3.63) is 95.1 Å². The lowest BCUT2D eigenvalue weighted by Crippen LogP contribution is -2.40. The molecule has 4 rings (SSSR count). The lowest BCUT2D eigenvalue weighted by Gasteiger charge is -2.31. The standard InChI is InChI=1S/C27H30N2O3/c1-31-19-23-15-21-13-14-28(17-22(21)16-24(23)20-32-2)18-27(30)29(25-9-5-3-6-10-25)26-11-7-4-8-12-26/h3-12,15-16H,13-14,17-20H2,1-2H3. The number of carbonyl (C=O) groups excluding carboxylic acids is 1. The van der Waals surface area contributed by atoms with Gasteiger partial charge in [-0.05, 0) is 52.9 Å². The second kappa shape index (κ2) is 10.6. The summed E-state index contributed by atoms with van der Waals surface area (Å²) in [5, 5.41) is 0. The minimum atomic E-state index is 0.0685. The van der Waals surface area contributed by atoms with E-state index in [1.165, 1.54) is 16.7 Å². The molecule has 1 aliphatic rings. The van der Waals surface area contributed by atoms with Crippen LogP contribution in [-0.4, -0.2) is 38.1 Å². The van der Waals surface area contributed by atoms with E-state index in [1.54, 1.807) is 14.2 Å². The Bertz CT molecular complexity index is 998. The van der Waals surface area contributed by atoms with Crippen molar-refractivity contribution in [2.24, 2.45) is 0 Å². The Kier molecular flexibility index (Phi) is 7.32. The number of hydrogen-bond donors (Lipinski definition) is 0. The summed E-state index contributed by atoms with van der Waals surface area (Å²) in [7, 11) is 3.43. The van der Waals surface area contributed by atoms with E-state index in [1.807, 2.05) is 65.6 Å². The highest BCUT2D eigenvalue weighted by atomic mass is 16.5. The van der Waals surface area contributed by atoms with Crippen LogP contribution in [-0.2, 0) is 40.4 Å². The number of benzene rings is 3. The molecular formula is C27H30N2O3. The number of rotatable bonds is 8. The second-order valence-electron chi connectivity index (χ2n) is 8.12. The van der Waals surface area contributed by atoms with Gasteiger partial charge in [-0.25, -0.2) is 0 Å². The van der Waals surface area contributed by atoms with Gasteiger partial charge in [-0.15, -0.1) is 0 Å². The SMILES string of the molecule is COCc1cc2c(cc1COC)CN(CC(=O)N(c1ccccc1)c1ccccc1)CC2. The summed E-state index contributed by atoms with van der Waals surface area (Å²) in [4.78, 5) is 17.5. The molecular weight excluding hydrogens is 400 g/mol. The summed E-state index contributed by atoms with van der Waals surface area (Å²) in [5.74, 6) is 0.0685. The minimum Gasteiger partial charge on any atom is -0.380 e. The number of carbonyl (C=O) groups is 1. The molecule has 1 heterocycles. The van der Waals surface area contributed by atoms with Crippen LogP contribution in [0.5, 0.6) is 0 Å². The second-order valence-corrected chi connectivity index (χ2v) is 8.12. The third kappa shape index (κ3) is 5.07. The van der Waals surface area contributed by atoms with Crippen molar-refractivity contribution in [1.82, 2.24) is 4.90 Å². The lowest BCUT2D eigenvalue weighted by atomic mass is 9.94. The average Bonchev–Trinajstić information content (AvgIpc) is 2.81. The number of anilines is 2. The highest BCUT2D eigenvalue weighted by molar-refractivity contribution is 6.01. The van der Waals surface area contributed by atoms with Gasteiger partial charge in [0.05, 0.1) is 19.8 Å².